The standard InChI is InChI=1S/C43H46N6O8/c1-10-19-56-39-30-20-26(28-13-17-34(52-6)36(22-28)54-8)11-15-32(30)45-41(47-39)49(38(51)24-44-25(2)50)42-46-33-16-12-27(21-31(33)40(48-42)57-43(3,4)5)29-14-18-35(53-7)37(23-29)55-9/h11-18,20-23H,10,19,24H2,1-9H3,(H,44,50). The summed E-state index contributed by atoms with van der Waals surface area (Å²) in [4.78, 5) is 46.7. The molecule has 0 fully saturated rings. The smallest absolute Gasteiger partial charge is 0.255 e. The number of aromatic nitrogens is 4. The number of methoxy groups -OCH3 is 4. The van der Waals surface area contributed by atoms with Crippen LogP contribution in [-0.2, 0) is 9.59 Å². The quantitative estimate of drug-likeness (QED) is 0.115. The van der Waals surface area contributed by atoms with Crippen molar-refractivity contribution in [3.05, 3.63) is 72.8 Å². The van der Waals surface area contributed by atoms with Crippen molar-refractivity contribution < 1.29 is 38.0 Å². The van der Waals surface area contributed by atoms with Crippen LogP contribution in [0.1, 0.15) is 41.0 Å². The fourth-order valence-corrected chi connectivity index (χ4v) is 6.04. The summed E-state index contributed by atoms with van der Waals surface area (Å²) < 4.78 is 34.6. The predicted molar refractivity (Wildman–Crippen MR) is 218 cm³/mol. The van der Waals surface area contributed by atoms with Crippen molar-refractivity contribution >= 4 is 45.5 Å². The number of carbonyl (C=O) groups excluding carboxylic acids is 2. The van der Waals surface area contributed by atoms with Gasteiger partial charge >= 0.3 is 0 Å². The Balaban J connectivity index is 1.53. The van der Waals surface area contributed by atoms with Crippen LogP contribution in [0, 0.1) is 0 Å². The number of anilines is 2. The molecule has 2 aromatic heterocycles. The highest BCUT2D eigenvalue weighted by atomic mass is 16.5. The van der Waals surface area contributed by atoms with E-state index in [-0.39, 0.29) is 30.2 Å². The van der Waals surface area contributed by atoms with E-state index in [1.807, 2.05) is 100 Å². The van der Waals surface area contributed by atoms with Crippen LogP contribution >= 0.6 is 0 Å². The van der Waals surface area contributed by atoms with Gasteiger partial charge < -0.3 is 33.7 Å². The second-order valence-corrected chi connectivity index (χ2v) is 14.0. The van der Waals surface area contributed by atoms with E-state index in [9.17, 15) is 9.59 Å². The molecule has 0 saturated heterocycles. The van der Waals surface area contributed by atoms with Gasteiger partial charge in [0, 0.05) is 6.92 Å². The molecule has 0 atom stereocenters. The molecule has 0 bridgehead atoms. The molecule has 6 aromatic rings. The van der Waals surface area contributed by atoms with Gasteiger partial charge in [0.15, 0.2) is 23.0 Å². The average Bonchev–Trinajstić information content (AvgIpc) is 3.20. The third-order valence-electron chi connectivity index (χ3n) is 8.72. The summed E-state index contributed by atoms with van der Waals surface area (Å²) in [5, 5.41) is 3.80. The lowest BCUT2D eigenvalue weighted by molar-refractivity contribution is -0.123. The molecular formula is C43H46N6O8. The molecule has 14 nitrogen and oxygen atoms in total. The molecular weight excluding hydrogens is 729 g/mol. The number of fused-ring (bicyclic) bond motifs is 2. The Labute approximate surface area is 331 Å². The van der Waals surface area contributed by atoms with Crippen molar-refractivity contribution in [2.45, 2.75) is 46.6 Å². The van der Waals surface area contributed by atoms with Crippen LogP contribution < -0.4 is 38.6 Å². The first kappa shape index (κ1) is 40.0. The first-order valence-electron chi connectivity index (χ1n) is 18.3. The molecule has 0 spiro atoms. The minimum absolute atomic E-state index is 0.0502. The van der Waals surface area contributed by atoms with Gasteiger partial charge in [0.05, 0.1) is 63.4 Å². The Morgan fingerprint density at radius 3 is 1.54 bits per heavy atom. The molecule has 0 aliphatic rings. The summed E-state index contributed by atoms with van der Waals surface area (Å²) in [6, 6.07) is 22.6. The van der Waals surface area contributed by atoms with Gasteiger partial charge in [0.1, 0.15) is 5.60 Å². The van der Waals surface area contributed by atoms with E-state index in [1.54, 1.807) is 28.4 Å². The molecule has 0 unspecified atom stereocenters. The number of benzene rings is 4. The molecule has 2 amide bonds. The predicted octanol–water partition coefficient (Wildman–Crippen LogP) is 7.71. The van der Waals surface area contributed by atoms with Crippen LogP contribution in [0.5, 0.6) is 34.8 Å². The summed E-state index contributed by atoms with van der Waals surface area (Å²) in [5.74, 6) is 1.77. The Kier molecular flexibility index (Phi) is 11.9. The van der Waals surface area contributed by atoms with E-state index < -0.39 is 17.4 Å². The second kappa shape index (κ2) is 17.0. The summed E-state index contributed by atoms with van der Waals surface area (Å²) in [7, 11) is 6.34. The molecule has 14 heteroatoms. The van der Waals surface area contributed by atoms with Crippen molar-refractivity contribution in [1.29, 1.82) is 0 Å². The minimum atomic E-state index is -0.685. The number of nitrogens with one attached hydrogen (secondary N) is 1. The van der Waals surface area contributed by atoms with Gasteiger partial charge in [0.25, 0.3) is 5.91 Å². The van der Waals surface area contributed by atoms with Crippen LogP contribution in [0.4, 0.5) is 11.9 Å². The van der Waals surface area contributed by atoms with Gasteiger partial charge in [-0.05, 0) is 98.0 Å². The number of ether oxygens (including phenoxy) is 6. The number of rotatable bonds is 14. The maximum Gasteiger partial charge on any atom is 0.255 e. The monoisotopic (exact) mass is 774 g/mol. The first-order valence-corrected chi connectivity index (χ1v) is 18.3. The van der Waals surface area contributed by atoms with Crippen molar-refractivity contribution in [2.75, 3.05) is 46.5 Å². The molecule has 4 aromatic carbocycles. The highest BCUT2D eigenvalue weighted by molar-refractivity contribution is 6.02. The van der Waals surface area contributed by atoms with Crippen LogP contribution in [0.15, 0.2) is 72.8 Å². The third-order valence-corrected chi connectivity index (χ3v) is 8.72. The second-order valence-electron chi connectivity index (χ2n) is 14.0. The van der Waals surface area contributed by atoms with Gasteiger partial charge in [-0.25, -0.2) is 14.9 Å². The first-order chi connectivity index (χ1) is 27.4. The maximum absolute atomic E-state index is 14.2. The van der Waals surface area contributed by atoms with E-state index in [1.165, 1.54) is 11.8 Å². The van der Waals surface area contributed by atoms with Crippen LogP contribution in [-0.4, -0.2) is 78.9 Å². The molecule has 1 N–H and O–H groups in total. The van der Waals surface area contributed by atoms with Crippen molar-refractivity contribution in [3.63, 3.8) is 0 Å². The largest absolute Gasteiger partial charge is 0.493 e. The van der Waals surface area contributed by atoms with Crippen LogP contribution in [0.2, 0.25) is 0 Å². The van der Waals surface area contributed by atoms with Crippen molar-refractivity contribution in [2.24, 2.45) is 0 Å². The number of amides is 2. The SMILES string of the molecule is CCCOc1nc(N(C(=O)CNC(C)=O)c2nc(OC(C)(C)C)c3cc(-c4ccc(OC)c(OC)c4)ccc3n2)nc2ccc(-c3ccc(OC)c(OC)c3)cc12. The number of nitrogens with zero attached hydrogens (tertiary/aromatic N) is 5. The van der Waals surface area contributed by atoms with E-state index in [4.69, 9.17) is 48.4 Å². The lowest BCUT2D eigenvalue weighted by Crippen LogP contribution is -2.38. The maximum atomic E-state index is 14.2. The minimum Gasteiger partial charge on any atom is -0.493 e. The Morgan fingerprint density at radius 1 is 0.632 bits per heavy atom. The van der Waals surface area contributed by atoms with E-state index in [0.29, 0.717) is 57.8 Å². The lowest BCUT2D eigenvalue weighted by Gasteiger charge is -2.24. The fraction of sp³-hybridized carbons (Fsp3) is 0.302. The number of carbonyl (C=O) groups is 2. The topological polar surface area (TPSA) is 156 Å². The fourth-order valence-electron chi connectivity index (χ4n) is 6.04. The molecule has 0 radical (unpaired) electrons. The summed E-state index contributed by atoms with van der Waals surface area (Å²) in [6.45, 7) is 8.99. The van der Waals surface area contributed by atoms with E-state index >= 15 is 0 Å². The summed E-state index contributed by atoms with van der Waals surface area (Å²) in [6.07, 6.45) is 0.702. The molecule has 0 saturated carbocycles. The average molecular weight is 775 g/mol. The van der Waals surface area contributed by atoms with Gasteiger partial charge in [-0.3, -0.25) is 9.59 Å². The molecule has 6 rings (SSSR count). The van der Waals surface area contributed by atoms with Gasteiger partial charge in [-0.15, -0.1) is 0 Å². The van der Waals surface area contributed by atoms with Crippen molar-refractivity contribution in [3.8, 4) is 57.0 Å². The number of hydrogen-bond acceptors (Lipinski definition) is 12. The molecule has 0 aliphatic heterocycles. The lowest BCUT2D eigenvalue weighted by atomic mass is 10.0. The van der Waals surface area contributed by atoms with Crippen molar-refractivity contribution in [1.82, 2.24) is 25.3 Å². The molecule has 0 aliphatic carbocycles. The molecule has 57 heavy (non-hydrogen) atoms. The number of hydrogen-bond donors (Lipinski definition) is 1. The zero-order valence-corrected chi connectivity index (χ0v) is 33.6. The zero-order chi connectivity index (χ0) is 40.9. The third kappa shape index (κ3) is 8.90. The van der Waals surface area contributed by atoms with Crippen LogP contribution in [0.25, 0.3) is 44.1 Å². The Hall–Kier alpha value is -6.70. The highest BCUT2D eigenvalue weighted by Crippen LogP contribution is 2.39. The summed E-state index contributed by atoms with van der Waals surface area (Å²) >= 11 is 0. The zero-order valence-electron chi connectivity index (χ0n) is 33.6. The summed E-state index contributed by atoms with van der Waals surface area (Å²) in [5.41, 5.74) is 3.75. The Bertz CT molecular complexity index is 2450. The van der Waals surface area contributed by atoms with Gasteiger partial charge in [-0.2, -0.15) is 9.97 Å². The molecule has 296 valence electrons. The Morgan fingerprint density at radius 2 is 1.09 bits per heavy atom. The van der Waals surface area contributed by atoms with E-state index in [0.717, 1.165) is 22.3 Å². The van der Waals surface area contributed by atoms with Gasteiger partial charge in [-0.1, -0.05) is 31.2 Å². The van der Waals surface area contributed by atoms with E-state index in [2.05, 4.69) is 5.32 Å². The highest BCUT2D eigenvalue weighted by Gasteiger charge is 2.28. The normalized spacial score (nSPS) is 11.2. The van der Waals surface area contributed by atoms with Crippen LogP contribution in [0.3, 0.4) is 0 Å². The van der Waals surface area contributed by atoms with Gasteiger partial charge in [0.2, 0.25) is 29.6 Å². The molecule has 2 heterocycles.